The van der Waals surface area contributed by atoms with E-state index in [2.05, 4.69) is 22.6 Å². The number of likely N-dealkylation sites (tertiary alicyclic amines) is 1. The fraction of sp³-hybridized carbons (Fsp3) is 0.533. The summed E-state index contributed by atoms with van der Waals surface area (Å²) >= 11 is 0. The lowest BCUT2D eigenvalue weighted by molar-refractivity contribution is 0.0929. The quantitative estimate of drug-likeness (QED) is 0.887. The number of benzene rings is 1. The van der Waals surface area contributed by atoms with Crippen LogP contribution < -0.4 is 10.6 Å². The van der Waals surface area contributed by atoms with Crippen molar-refractivity contribution < 1.29 is 9.18 Å². The van der Waals surface area contributed by atoms with E-state index in [0.29, 0.717) is 18.2 Å². The van der Waals surface area contributed by atoms with Crippen LogP contribution in [-0.4, -0.2) is 44.0 Å². The van der Waals surface area contributed by atoms with Gasteiger partial charge in [0.2, 0.25) is 0 Å². The van der Waals surface area contributed by atoms with E-state index in [1.165, 1.54) is 18.9 Å². The molecule has 0 saturated carbocycles. The van der Waals surface area contributed by atoms with Gasteiger partial charge in [0.15, 0.2) is 0 Å². The molecule has 0 aliphatic carbocycles. The van der Waals surface area contributed by atoms with Crippen molar-refractivity contribution in [2.24, 2.45) is 0 Å². The van der Waals surface area contributed by atoms with E-state index in [1.807, 2.05) is 0 Å². The Balaban J connectivity index is 2.00. The monoisotopic (exact) mass is 279 g/mol. The molecule has 1 aromatic carbocycles. The Morgan fingerprint density at radius 1 is 1.45 bits per heavy atom. The number of carbonyl (C=O) groups excluding carboxylic acids is 1. The van der Waals surface area contributed by atoms with E-state index >= 15 is 0 Å². The van der Waals surface area contributed by atoms with Crippen LogP contribution in [0.4, 0.5) is 10.1 Å². The number of nitrogens with one attached hydrogen (secondary N) is 2. The molecular formula is C15H22FN3O. The average molecular weight is 279 g/mol. The van der Waals surface area contributed by atoms with E-state index in [-0.39, 0.29) is 11.6 Å². The van der Waals surface area contributed by atoms with Crippen LogP contribution in [0.1, 0.15) is 29.6 Å². The Morgan fingerprint density at radius 3 is 2.95 bits per heavy atom. The SMILES string of the molecule is CNc1c(F)cccc1C(=O)NCC1CCCCN1C. The summed E-state index contributed by atoms with van der Waals surface area (Å²) in [5.41, 5.74) is 0.605. The van der Waals surface area contributed by atoms with Crippen LogP contribution in [0, 0.1) is 5.82 Å². The molecule has 1 aromatic rings. The summed E-state index contributed by atoms with van der Waals surface area (Å²) in [6, 6.07) is 4.91. The molecule has 5 heteroatoms. The zero-order valence-corrected chi connectivity index (χ0v) is 12.1. The summed E-state index contributed by atoms with van der Waals surface area (Å²) < 4.78 is 13.6. The van der Waals surface area contributed by atoms with Gasteiger partial charge in [-0.05, 0) is 38.6 Å². The number of rotatable bonds is 4. The molecule has 1 fully saturated rings. The third-order valence-corrected chi connectivity index (χ3v) is 3.93. The summed E-state index contributed by atoms with van der Waals surface area (Å²) in [6.07, 6.45) is 3.51. The molecular weight excluding hydrogens is 257 g/mol. The number of hydrogen-bond donors (Lipinski definition) is 2. The minimum Gasteiger partial charge on any atom is -0.385 e. The van der Waals surface area contributed by atoms with Gasteiger partial charge in [-0.2, -0.15) is 0 Å². The zero-order valence-electron chi connectivity index (χ0n) is 12.1. The van der Waals surface area contributed by atoms with Gasteiger partial charge in [-0.15, -0.1) is 0 Å². The third kappa shape index (κ3) is 3.28. The van der Waals surface area contributed by atoms with Crippen LogP contribution in [0.5, 0.6) is 0 Å². The second-order valence-corrected chi connectivity index (χ2v) is 5.25. The average Bonchev–Trinajstić information content (AvgIpc) is 2.46. The van der Waals surface area contributed by atoms with Gasteiger partial charge >= 0.3 is 0 Å². The minimum absolute atomic E-state index is 0.229. The molecule has 1 aliphatic heterocycles. The van der Waals surface area contributed by atoms with Gasteiger partial charge in [0.25, 0.3) is 5.91 Å². The van der Waals surface area contributed by atoms with Gasteiger partial charge in [0.05, 0.1) is 11.3 Å². The van der Waals surface area contributed by atoms with Crippen LogP contribution in [0.3, 0.4) is 0 Å². The normalized spacial score (nSPS) is 19.6. The Labute approximate surface area is 119 Å². The van der Waals surface area contributed by atoms with Gasteiger partial charge in [0, 0.05) is 19.6 Å². The maximum absolute atomic E-state index is 13.6. The molecule has 0 spiro atoms. The van der Waals surface area contributed by atoms with Crippen LogP contribution in [0.2, 0.25) is 0 Å². The number of piperidine rings is 1. The number of likely N-dealkylation sites (N-methyl/N-ethyl adjacent to an activating group) is 1. The number of halogens is 1. The van der Waals surface area contributed by atoms with Crippen molar-refractivity contribution in [3.8, 4) is 0 Å². The number of para-hydroxylation sites is 1. The first-order valence-corrected chi connectivity index (χ1v) is 7.08. The largest absolute Gasteiger partial charge is 0.385 e. The summed E-state index contributed by atoms with van der Waals surface area (Å²) in [6.45, 7) is 1.68. The minimum atomic E-state index is -0.407. The second-order valence-electron chi connectivity index (χ2n) is 5.25. The van der Waals surface area contributed by atoms with E-state index in [0.717, 1.165) is 13.0 Å². The van der Waals surface area contributed by atoms with Crippen molar-refractivity contribution in [2.75, 3.05) is 32.5 Å². The molecule has 0 radical (unpaired) electrons. The van der Waals surface area contributed by atoms with E-state index in [4.69, 9.17) is 0 Å². The van der Waals surface area contributed by atoms with Crippen molar-refractivity contribution in [1.29, 1.82) is 0 Å². The fourth-order valence-electron chi connectivity index (χ4n) is 2.68. The first-order chi connectivity index (χ1) is 9.63. The highest BCUT2D eigenvalue weighted by molar-refractivity contribution is 5.99. The molecule has 2 rings (SSSR count). The van der Waals surface area contributed by atoms with Crippen LogP contribution in [-0.2, 0) is 0 Å². The molecule has 110 valence electrons. The topological polar surface area (TPSA) is 44.4 Å². The van der Waals surface area contributed by atoms with E-state index in [9.17, 15) is 9.18 Å². The molecule has 1 amide bonds. The van der Waals surface area contributed by atoms with Crippen molar-refractivity contribution >= 4 is 11.6 Å². The Morgan fingerprint density at radius 2 is 2.25 bits per heavy atom. The van der Waals surface area contributed by atoms with Gasteiger partial charge < -0.3 is 15.5 Å². The second kappa shape index (κ2) is 6.70. The predicted octanol–water partition coefficient (Wildman–Crippen LogP) is 2.08. The lowest BCUT2D eigenvalue weighted by atomic mass is 10.0. The third-order valence-electron chi connectivity index (χ3n) is 3.93. The van der Waals surface area contributed by atoms with Gasteiger partial charge in [-0.3, -0.25) is 4.79 Å². The Bertz CT molecular complexity index is 478. The lowest BCUT2D eigenvalue weighted by Crippen LogP contribution is -2.44. The Hall–Kier alpha value is -1.62. The molecule has 20 heavy (non-hydrogen) atoms. The molecule has 2 N–H and O–H groups in total. The first-order valence-electron chi connectivity index (χ1n) is 7.08. The molecule has 0 aromatic heterocycles. The summed E-state index contributed by atoms with van der Waals surface area (Å²) in [4.78, 5) is 14.5. The molecule has 1 unspecified atom stereocenters. The van der Waals surface area contributed by atoms with Gasteiger partial charge in [-0.1, -0.05) is 12.5 Å². The number of nitrogens with zero attached hydrogens (tertiary/aromatic N) is 1. The number of anilines is 1. The van der Waals surface area contributed by atoms with Crippen LogP contribution in [0.25, 0.3) is 0 Å². The number of amides is 1. The standard InChI is InChI=1S/C15H22FN3O/c1-17-14-12(7-5-8-13(14)16)15(20)18-10-11-6-3-4-9-19(11)2/h5,7-8,11,17H,3-4,6,9-10H2,1-2H3,(H,18,20). The number of hydrogen-bond acceptors (Lipinski definition) is 3. The molecule has 4 nitrogen and oxygen atoms in total. The summed E-state index contributed by atoms with van der Waals surface area (Å²) in [7, 11) is 3.70. The van der Waals surface area contributed by atoms with Crippen LogP contribution in [0.15, 0.2) is 18.2 Å². The van der Waals surface area contributed by atoms with Crippen molar-refractivity contribution in [3.05, 3.63) is 29.6 Å². The fourth-order valence-corrected chi connectivity index (χ4v) is 2.68. The van der Waals surface area contributed by atoms with Crippen molar-refractivity contribution in [3.63, 3.8) is 0 Å². The lowest BCUT2D eigenvalue weighted by Gasteiger charge is -2.32. The van der Waals surface area contributed by atoms with Crippen molar-refractivity contribution in [1.82, 2.24) is 10.2 Å². The van der Waals surface area contributed by atoms with Gasteiger partial charge in [0.1, 0.15) is 5.82 Å². The summed E-state index contributed by atoms with van der Waals surface area (Å²) in [5, 5.41) is 5.66. The van der Waals surface area contributed by atoms with Gasteiger partial charge in [-0.25, -0.2) is 4.39 Å². The summed E-state index contributed by atoms with van der Waals surface area (Å²) in [5.74, 6) is -0.636. The highest BCUT2D eigenvalue weighted by Crippen LogP contribution is 2.19. The highest BCUT2D eigenvalue weighted by atomic mass is 19.1. The maximum atomic E-state index is 13.6. The number of carbonyl (C=O) groups is 1. The van der Waals surface area contributed by atoms with Crippen molar-refractivity contribution in [2.45, 2.75) is 25.3 Å². The first kappa shape index (κ1) is 14.8. The van der Waals surface area contributed by atoms with E-state index < -0.39 is 5.82 Å². The smallest absolute Gasteiger partial charge is 0.253 e. The highest BCUT2D eigenvalue weighted by Gasteiger charge is 2.20. The molecule has 1 heterocycles. The molecule has 1 aliphatic rings. The molecule has 1 saturated heterocycles. The zero-order chi connectivity index (χ0) is 14.5. The molecule has 0 bridgehead atoms. The van der Waals surface area contributed by atoms with E-state index in [1.54, 1.807) is 19.2 Å². The molecule has 1 atom stereocenters. The predicted molar refractivity (Wildman–Crippen MR) is 78.5 cm³/mol. The Kier molecular flexibility index (Phi) is 4.95. The van der Waals surface area contributed by atoms with Crippen LogP contribution >= 0.6 is 0 Å². The maximum Gasteiger partial charge on any atom is 0.253 e.